The summed E-state index contributed by atoms with van der Waals surface area (Å²) in [7, 11) is -0.463. The molecule has 3 unspecified atom stereocenters. The minimum atomic E-state index is -3.46. The van der Waals surface area contributed by atoms with Crippen molar-refractivity contribution >= 4 is 15.9 Å². The third-order valence-corrected chi connectivity index (χ3v) is 7.60. The van der Waals surface area contributed by atoms with Crippen molar-refractivity contribution in [1.29, 1.82) is 0 Å². The molecule has 2 aliphatic carbocycles. The zero-order valence-corrected chi connectivity index (χ0v) is 15.9. The lowest BCUT2D eigenvalue weighted by molar-refractivity contribution is 0.0879. The molecule has 0 bridgehead atoms. The molecule has 0 radical (unpaired) electrons. The van der Waals surface area contributed by atoms with E-state index in [1.807, 2.05) is 0 Å². The molecule has 2 saturated carbocycles. The Morgan fingerprint density at radius 2 is 1.64 bits per heavy atom. The van der Waals surface area contributed by atoms with Crippen LogP contribution in [0.5, 0.6) is 0 Å². The van der Waals surface area contributed by atoms with Crippen molar-refractivity contribution in [2.75, 3.05) is 14.1 Å². The molecule has 2 aliphatic rings. The van der Waals surface area contributed by atoms with Crippen LogP contribution >= 0.6 is 0 Å². The third kappa shape index (κ3) is 4.06. The fourth-order valence-electron chi connectivity index (χ4n) is 4.26. The molecular weight excluding hydrogens is 336 g/mol. The van der Waals surface area contributed by atoms with Gasteiger partial charge in [0.15, 0.2) is 0 Å². The quantitative estimate of drug-likeness (QED) is 0.893. The summed E-state index contributed by atoms with van der Waals surface area (Å²) in [4.78, 5) is 12.7. The fourth-order valence-corrected chi connectivity index (χ4v) is 5.16. The molecule has 3 atom stereocenters. The summed E-state index contributed by atoms with van der Waals surface area (Å²) in [5.41, 5.74) is 0.517. The van der Waals surface area contributed by atoms with Gasteiger partial charge in [0, 0.05) is 25.7 Å². The van der Waals surface area contributed by atoms with Crippen LogP contribution in [0.2, 0.25) is 0 Å². The van der Waals surface area contributed by atoms with E-state index in [-0.39, 0.29) is 16.8 Å². The Kier molecular flexibility index (Phi) is 5.49. The largest absolute Gasteiger partial charge is 0.349 e. The first-order valence-corrected chi connectivity index (χ1v) is 10.7. The molecule has 0 aliphatic heterocycles. The molecule has 5 nitrogen and oxygen atoms in total. The maximum Gasteiger partial charge on any atom is 0.251 e. The Morgan fingerprint density at radius 3 is 2.28 bits per heavy atom. The molecular formula is C19H28N2O3S. The maximum absolute atomic E-state index is 12.5. The van der Waals surface area contributed by atoms with E-state index < -0.39 is 10.0 Å². The zero-order valence-electron chi connectivity index (χ0n) is 15.1. The van der Waals surface area contributed by atoms with Crippen LogP contribution in [0.1, 0.15) is 55.3 Å². The predicted octanol–water partition coefficient (Wildman–Crippen LogP) is 3.03. The molecule has 25 heavy (non-hydrogen) atoms. The lowest BCUT2D eigenvalue weighted by atomic mass is 9.69. The topological polar surface area (TPSA) is 66.5 Å². The predicted molar refractivity (Wildman–Crippen MR) is 97.9 cm³/mol. The summed E-state index contributed by atoms with van der Waals surface area (Å²) in [6.45, 7) is 0. The fraction of sp³-hybridized carbons (Fsp3) is 0.632. The second-order valence-corrected chi connectivity index (χ2v) is 9.75. The minimum absolute atomic E-state index is 0.104. The van der Waals surface area contributed by atoms with E-state index in [1.54, 1.807) is 12.1 Å². The van der Waals surface area contributed by atoms with Crippen LogP contribution in [-0.2, 0) is 10.0 Å². The highest BCUT2D eigenvalue weighted by Crippen LogP contribution is 2.40. The number of nitrogens with one attached hydrogen (secondary N) is 1. The Hall–Kier alpha value is -1.40. The summed E-state index contributed by atoms with van der Waals surface area (Å²) in [6.07, 6.45) is 8.70. The number of carbonyl (C=O) groups excluding carboxylic acids is 1. The van der Waals surface area contributed by atoms with Gasteiger partial charge in [0.25, 0.3) is 5.91 Å². The number of sulfonamides is 1. The van der Waals surface area contributed by atoms with E-state index in [0.717, 1.165) is 24.7 Å². The van der Waals surface area contributed by atoms with Crippen molar-refractivity contribution in [3.8, 4) is 0 Å². The maximum atomic E-state index is 12.5. The molecule has 2 fully saturated rings. The Bertz CT molecular complexity index is 713. The first-order valence-electron chi connectivity index (χ1n) is 9.21. The molecule has 3 rings (SSSR count). The van der Waals surface area contributed by atoms with E-state index in [4.69, 9.17) is 0 Å². The molecule has 138 valence electrons. The minimum Gasteiger partial charge on any atom is -0.349 e. The van der Waals surface area contributed by atoms with Gasteiger partial charge in [-0.15, -0.1) is 0 Å². The molecule has 0 spiro atoms. The van der Waals surface area contributed by atoms with Crippen molar-refractivity contribution in [1.82, 2.24) is 9.62 Å². The zero-order chi connectivity index (χ0) is 18.0. The number of fused-ring (bicyclic) bond motifs is 1. The van der Waals surface area contributed by atoms with Crippen LogP contribution in [0.25, 0.3) is 0 Å². The number of rotatable bonds is 4. The van der Waals surface area contributed by atoms with E-state index >= 15 is 0 Å². The average Bonchev–Trinajstić information content (AvgIpc) is 2.61. The molecule has 0 heterocycles. The van der Waals surface area contributed by atoms with Gasteiger partial charge in [-0.3, -0.25) is 4.79 Å². The van der Waals surface area contributed by atoms with Gasteiger partial charge in [0.05, 0.1) is 4.90 Å². The lowest BCUT2D eigenvalue weighted by Gasteiger charge is -2.39. The summed E-state index contributed by atoms with van der Waals surface area (Å²) < 4.78 is 25.3. The molecule has 1 aromatic carbocycles. The van der Waals surface area contributed by atoms with Crippen molar-refractivity contribution < 1.29 is 13.2 Å². The van der Waals surface area contributed by atoms with Crippen LogP contribution in [-0.4, -0.2) is 38.8 Å². The number of hydrogen-bond donors (Lipinski definition) is 1. The van der Waals surface area contributed by atoms with Gasteiger partial charge in [-0.1, -0.05) is 25.7 Å². The van der Waals surface area contributed by atoms with Gasteiger partial charge >= 0.3 is 0 Å². The van der Waals surface area contributed by atoms with E-state index in [0.29, 0.717) is 5.56 Å². The molecule has 0 saturated heterocycles. The van der Waals surface area contributed by atoms with E-state index in [1.165, 1.54) is 62.6 Å². The summed E-state index contributed by atoms with van der Waals surface area (Å²) in [5, 5.41) is 3.15. The van der Waals surface area contributed by atoms with Gasteiger partial charge in [-0.05, 0) is 55.4 Å². The highest BCUT2D eigenvalue weighted by atomic mass is 32.2. The van der Waals surface area contributed by atoms with E-state index in [9.17, 15) is 13.2 Å². The number of benzene rings is 1. The monoisotopic (exact) mass is 364 g/mol. The molecule has 6 heteroatoms. The third-order valence-electron chi connectivity index (χ3n) is 5.77. The van der Waals surface area contributed by atoms with Gasteiger partial charge in [0.2, 0.25) is 10.0 Å². The van der Waals surface area contributed by atoms with Crippen molar-refractivity contribution in [2.24, 2.45) is 11.8 Å². The van der Waals surface area contributed by atoms with Crippen molar-refractivity contribution in [2.45, 2.75) is 55.9 Å². The first-order chi connectivity index (χ1) is 11.9. The molecule has 1 amide bonds. The Labute approximate surface area is 150 Å². The lowest BCUT2D eigenvalue weighted by Crippen LogP contribution is -2.41. The van der Waals surface area contributed by atoms with E-state index in [2.05, 4.69) is 5.32 Å². The first kappa shape index (κ1) is 18.4. The summed E-state index contributed by atoms with van der Waals surface area (Å²) in [5.74, 6) is 1.52. The summed E-state index contributed by atoms with van der Waals surface area (Å²) in [6, 6.07) is 6.44. The van der Waals surface area contributed by atoms with Gasteiger partial charge in [-0.25, -0.2) is 12.7 Å². The van der Waals surface area contributed by atoms with Crippen molar-refractivity contribution in [3.63, 3.8) is 0 Å². The van der Waals surface area contributed by atoms with Crippen LogP contribution < -0.4 is 5.32 Å². The smallest absolute Gasteiger partial charge is 0.251 e. The van der Waals surface area contributed by atoms with Crippen LogP contribution in [0.4, 0.5) is 0 Å². The number of amides is 1. The van der Waals surface area contributed by atoms with Gasteiger partial charge in [0.1, 0.15) is 0 Å². The summed E-state index contributed by atoms with van der Waals surface area (Å²) >= 11 is 0. The normalized spacial score (nSPS) is 26.9. The number of nitrogens with zero attached hydrogens (tertiary/aromatic N) is 1. The Morgan fingerprint density at radius 1 is 1.00 bits per heavy atom. The highest BCUT2D eigenvalue weighted by Gasteiger charge is 2.32. The molecule has 0 aromatic heterocycles. The molecule has 1 N–H and O–H groups in total. The Balaban J connectivity index is 1.62. The second kappa shape index (κ2) is 7.46. The second-order valence-electron chi connectivity index (χ2n) is 7.60. The number of hydrogen-bond acceptors (Lipinski definition) is 3. The molecule has 1 aromatic rings. The number of carbonyl (C=O) groups is 1. The van der Waals surface area contributed by atoms with Gasteiger partial charge < -0.3 is 5.32 Å². The standard InChI is InChI=1S/C19H28N2O3S/c1-21(2)25(23,24)18-11-8-15(9-12-18)19(22)20-17-10-7-14-5-3-4-6-16(14)13-17/h8-9,11-12,14,16-17H,3-7,10,13H2,1-2H3,(H,20,22). The van der Waals surface area contributed by atoms with Crippen LogP contribution in [0.15, 0.2) is 29.2 Å². The SMILES string of the molecule is CN(C)S(=O)(=O)c1ccc(C(=O)NC2CCC3CCCCC3C2)cc1. The highest BCUT2D eigenvalue weighted by molar-refractivity contribution is 7.89. The van der Waals surface area contributed by atoms with Crippen LogP contribution in [0, 0.1) is 11.8 Å². The average molecular weight is 365 g/mol. The van der Waals surface area contributed by atoms with Crippen LogP contribution in [0.3, 0.4) is 0 Å². The van der Waals surface area contributed by atoms with Gasteiger partial charge in [-0.2, -0.15) is 0 Å². The van der Waals surface area contributed by atoms with Crippen molar-refractivity contribution in [3.05, 3.63) is 29.8 Å².